The summed E-state index contributed by atoms with van der Waals surface area (Å²) in [5.74, 6) is -2.87. The van der Waals surface area contributed by atoms with Crippen LogP contribution in [0, 0.1) is 16.7 Å². The van der Waals surface area contributed by atoms with E-state index in [4.69, 9.17) is 27.7 Å². The molecule has 5 N–H and O–H groups in total. The first-order valence-electron chi connectivity index (χ1n) is 23.8. The first kappa shape index (κ1) is 50.1. The molecule has 3 fully saturated rings. The number of fused-ring (bicyclic) bond motifs is 6. The van der Waals surface area contributed by atoms with Crippen LogP contribution in [-0.4, -0.2) is 99.5 Å². The number of benzene rings is 4. The van der Waals surface area contributed by atoms with Crippen LogP contribution < -0.4 is 30.3 Å². The lowest BCUT2D eigenvalue weighted by molar-refractivity contribution is -0.205. The molecule has 6 aliphatic rings. The SMILES string of the molecule is CC(C)C(NC(=O)CCCCCN1C(=O)C=CC1=O)C(=O)N[C@@H](C)C(=O)Nc1cc2c(c3ccccc13)[C@H](CCl)CN2C(=O)C12CC(C(=O)N3CC(CCl)c4c3cc(OP(=O)(O)O)c3ccccc43)(C1)C2. The Morgan fingerprint density at radius 1 is 0.732 bits per heavy atom. The van der Waals surface area contributed by atoms with Crippen molar-refractivity contribution in [1.29, 1.82) is 0 Å². The highest BCUT2D eigenvalue weighted by molar-refractivity contribution is 7.46. The van der Waals surface area contributed by atoms with Crippen molar-refractivity contribution in [3.63, 3.8) is 0 Å². The number of nitrogens with zero attached hydrogens (tertiary/aromatic N) is 3. The Balaban J connectivity index is 0.871. The Kier molecular flexibility index (Phi) is 13.6. The number of amides is 7. The number of hydrogen-bond donors (Lipinski definition) is 5. The molecule has 71 heavy (non-hydrogen) atoms. The number of anilines is 3. The summed E-state index contributed by atoms with van der Waals surface area (Å²) in [6.07, 6.45) is 5.12. The van der Waals surface area contributed by atoms with Gasteiger partial charge in [-0.1, -0.05) is 68.8 Å². The molecule has 7 amide bonds. The molecule has 3 aliphatic carbocycles. The lowest BCUT2D eigenvalue weighted by atomic mass is 9.34. The summed E-state index contributed by atoms with van der Waals surface area (Å²) >= 11 is 13.1. The molecule has 2 unspecified atom stereocenters. The van der Waals surface area contributed by atoms with Gasteiger partial charge in [0.2, 0.25) is 29.5 Å². The second-order valence-electron chi connectivity index (χ2n) is 19.9. The van der Waals surface area contributed by atoms with E-state index in [0.717, 1.165) is 21.4 Å². The summed E-state index contributed by atoms with van der Waals surface area (Å²) in [5.41, 5.74) is 1.51. The third-order valence-corrected chi connectivity index (χ3v) is 16.0. The van der Waals surface area contributed by atoms with Crippen LogP contribution in [0.1, 0.15) is 88.7 Å². The molecular weight excluding hydrogens is 974 g/mol. The van der Waals surface area contributed by atoms with Crippen molar-refractivity contribution in [3.05, 3.63) is 83.9 Å². The van der Waals surface area contributed by atoms with E-state index in [9.17, 15) is 47.9 Å². The molecule has 3 heterocycles. The van der Waals surface area contributed by atoms with Gasteiger partial charge in [-0.3, -0.25) is 48.2 Å². The number of nitrogens with one attached hydrogen (secondary N) is 3. The van der Waals surface area contributed by atoms with Crippen molar-refractivity contribution < 1.29 is 52.4 Å². The van der Waals surface area contributed by atoms with Gasteiger partial charge in [0.15, 0.2) is 0 Å². The fourth-order valence-electron chi connectivity index (χ4n) is 11.4. The number of unbranched alkanes of at least 4 members (excludes halogenated alkanes) is 2. The highest BCUT2D eigenvalue weighted by Crippen LogP contribution is 2.75. The van der Waals surface area contributed by atoms with Gasteiger partial charge < -0.3 is 30.3 Å². The smallest absolute Gasteiger partial charge is 0.404 e. The van der Waals surface area contributed by atoms with E-state index in [1.807, 2.05) is 30.3 Å². The topological polar surface area (TPSA) is 232 Å². The van der Waals surface area contributed by atoms with E-state index in [2.05, 4.69) is 16.0 Å². The Labute approximate surface area is 419 Å². The average molecular weight is 1030 g/mol. The van der Waals surface area contributed by atoms with Crippen LogP contribution in [0.4, 0.5) is 17.1 Å². The van der Waals surface area contributed by atoms with Crippen molar-refractivity contribution >= 4 is 111 Å². The predicted molar refractivity (Wildman–Crippen MR) is 268 cm³/mol. The molecule has 0 aromatic heterocycles. The molecule has 17 nitrogen and oxygen atoms in total. The zero-order valence-corrected chi connectivity index (χ0v) is 41.8. The number of rotatable bonds is 18. The van der Waals surface area contributed by atoms with Gasteiger partial charge in [-0.15, -0.1) is 23.2 Å². The van der Waals surface area contributed by atoms with Crippen molar-refractivity contribution in [2.24, 2.45) is 16.7 Å². The zero-order chi connectivity index (χ0) is 50.7. The Hall–Kier alpha value is -5.84. The van der Waals surface area contributed by atoms with Crippen LogP contribution in [0.15, 0.2) is 72.8 Å². The zero-order valence-electron chi connectivity index (χ0n) is 39.4. The number of phosphoric ester groups is 1. The predicted octanol–water partition coefficient (Wildman–Crippen LogP) is 6.74. The van der Waals surface area contributed by atoms with Crippen LogP contribution in [0.2, 0.25) is 0 Å². The van der Waals surface area contributed by atoms with E-state index in [1.54, 1.807) is 54.8 Å². The second kappa shape index (κ2) is 19.3. The number of alkyl halides is 2. The standard InChI is InChI=1S/C51H55Cl2N6O11P/c1-28(2)45(56-40(60)15-5-4-10-18-57-41(61)16-17-42(57)62)47(64)54-29(3)46(63)55-36-19-37-43(34-13-8-6-11-32(34)36)30(21-52)23-58(37)48(65)50-25-51(26-50,27-50)49(66)59-24-31(22-53)44-35-14-9-7-12-33(35)39(20-38(44)59)70-71(67,68)69/h6-9,11-14,16-17,19-20,28-31,45H,4-5,10,15,18,21-27H2,1-3H3,(H,54,64)(H,55,63)(H,56,60)(H2,67,68,69)/t29-,30+,31?,45?,50?,51?/m0/s1. The van der Waals surface area contributed by atoms with Crippen molar-refractivity contribution in [2.75, 3.05) is 46.5 Å². The fraction of sp³-hybridized carbons (Fsp3) is 0.431. The number of phosphoric acid groups is 1. The van der Waals surface area contributed by atoms with E-state index >= 15 is 0 Å². The molecule has 0 spiro atoms. The summed E-state index contributed by atoms with van der Waals surface area (Å²) in [4.78, 5) is 117. The maximum absolute atomic E-state index is 14.8. The Morgan fingerprint density at radius 3 is 1.79 bits per heavy atom. The van der Waals surface area contributed by atoms with Gasteiger partial charge in [0.05, 0.1) is 22.2 Å². The number of carbonyl (C=O) groups is 7. The molecule has 0 saturated heterocycles. The molecule has 0 radical (unpaired) electrons. The first-order valence-corrected chi connectivity index (χ1v) is 26.4. The maximum atomic E-state index is 14.8. The van der Waals surface area contributed by atoms with Crippen LogP contribution in [0.5, 0.6) is 5.75 Å². The summed E-state index contributed by atoms with van der Waals surface area (Å²) in [7, 11) is -4.96. The van der Waals surface area contributed by atoms with Crippen LogP contribution in [-0.2, 0) is 38.1 Å². The van der Waals surface area contributed by atoms with Gasteiger partial charge >= 0.3 is 7.82 Å². The average Bonchev–Trinajstić information content (AvgIpc) is 3.98. The van der Waals surface area contributed by atoms with Crippen LogP contribution >= 0.6 is 31.0 Å². The van der Waals surface area contributed by atoms with Gasteiger partial charge in [0.1, 0.15) is 17.8 Å². The van der Waals surface area contributed by atoms with Crippen molar-refractivity contribution in [1.82, 2.24) is 15.5 Å². The number of halogens is 2. The fourth-order valence-corrected chi connectivity index (χ4v) is 12.3. The third kappa shape index (κ3) is 9.20. The van der Waals surface area contributed by atoms with Gasteiger partial charge in [0.25, 0.3) is 11.8 Å². The highest BCUT2D eigenvalue weighted by Gasteiger charge is 2.76. The monoisotopic (exact) mass is 1030 g/mol. The van der Waals surface area contributed by atoms with Crippen LogP contribution in [0.25, 0.3) is 21.5 Å². The van der Waals surface area contributed by atoms with Crippen molar-refractivity contribution in [3.8, 4) is 5.75 Å². The molecule has 4 aromatic carbocycles. The summed E-state index contributed by atoms with van der Waals surface area (Å²) in [6.45, 7) is 5.93. The summed E-state index contributed by atoms with van der Waals surface area (Å²) in [6, 6.07) is 15.8. The molecule has 4 atom stereocenters. The molecule has 374 valence electrons. The number of imide groups is 1. The minimum atomic E-state index is -4.96. The first-order chi connectivity index (χ1) is 33.8. The molecular formula is C51H55Cl2N6O11P. The molecule has 4 aromatic rings. The lowest BCUT2D eigenvalue weighted by Gasteiger charge is -2.69. The summed E-state index contributed by atoms with van der Waals surface area (Å²) in [5, 5.41) is 11.2. The molecule has 3 saturated carbocycles. The summed E-state index contributed by atoms with van der Waals surface area (Å²) < 4.78 is 17.2. The molecule has 20 heteroatoms. The van der Waals surface area contributed by atoms with E-state index < -0.39 is 42.6 Å². The third-order valence-electron chi connectivity index (χ3n) is 14.8. The molecule has 3 aliphatic heterocycles. The second-order valence-corrected chi connectivity index (χ2v) is 21.7. The van der Waals surface area contributed by atoms with E-state index in [-0.39, 0.29) is 84.3 Å². The molecule has 10 rings (SSSR count). The normalized spacial score (nSPS) is 22.8. The van der Waals surface area contributed by atoms with Crippen molar-refractivity contribution in [2.45, 2.75) is 89.6 Å². The van der Waals surface area contributed by atoms with Gasteiger partial charge in [0, 0.05) is 84.3 Å². The van der Waals surface area contributed by atoms with Crippen LogP contribution in [0.3, 0.4) is 0 Å². The highest BCUT2D eigenvalue weighted by atomic mass is 35.5. The Morgan fingerprint density at radius 2 is 1.25 bits per heavy atom. The number of hydrogen-bond acceptors (Lipinski definition) is 9. The van der Waals surface area contributed by atoms with E-state index in [0.29, 0.717) is 78.3 Å². The lowest BCUT2D eigenvalue weighted by Crippen LogP contribution is -2.73. The minimum absolute atomic E-state index is 0.0530. The van der Waals surface area contributed by atoms with Gasteiger partial charge in [-0.2, -0.15) is 0 Å². The van der Waals surface area contributed by atoms with Gasteiger partial charge in [-0.25, -0.2) is 4.57 Å². The minimum Gasteiger partial charge on any atom is -0.404 e. The molecule has 2 bridgehead atoms. The maximum Gasteiger partial charge on any atom is 0.524 e. The quantitative estimate of drug-likeness (QED) is 0.0303. The van der Waals surface area contributed by atoms with Gasteiger partial charge in [-0.05, 0) is 72.9 Å². The largest absolute Gasteiger partial charge is 0.524 e. The van der Waals surface area contributed by atoms with E-state index in [1.165, 1.54) is 18.2 Å². The number of carbonyl (C=O) groups excluding carboxylic acids is 7. The Bertz CT molecular complexity index is 2960.